The highest BCUT2D eigenvalue weighted by atomic mass is 79.9. The molecule has 4 heteroatoms. The van der Waals surface area contributed by atoms with Gasteiger partial charge in [-0.1, -0.05) is 34.5 Å². The molecule has 1 aliphatic carbocycles. The van der Waals surface area contributed by atoms with Crippen molar-refractivity contribution in [2.75, 3.05) is 13.1 Å². The van der Waals surface area contributed by atoms with Crippen molar-refractivity contribution < 1.29 is 9.68 Å². The van der Waals surface area contributed by atoms with Crippen molar-refractivity contribution in [3.05, 3.63) is 34.3 Å². The molecule has 0 spiro atoms. The number of nitrogens with zero attached hydrogens (tertiary/aromatic N) is 2. The lowest BCUT2D eigenvalue weighted by Gasteiger charge is -2.36. The smallest absolute Gasteiger partial charge is 0.270 e. The van der Waals surface area contributed by atoms with Crippen molar-refractivity contribution in [2.24, 2.45) is 0 Å². The molecule has 0 saturated heterocycles. The number of rotatable bonds is 2. The maximum atomic E-state index is 11.7. The lowest BCUT2D eigenvalue weighted by atomic mass is 9.90. The molecular weight excluding hydrogens is 352 g/mol. The maximum Gasteiger partial charge on any atom is 0.270 e. The molecule has 23 heavy (non-hydrogen) atoms. The molecule has 124 valence electrons. The number of hydrogen-bond donors (Lipinski definition) is 1. The molecule has 1 unspecified atom stereocenters. The Hall–Kier alpha value is -0.870. The monoisotopic (exact) mass is 377 g/mol. The van der Waals surface area contributed by atoms with Gasteiger partial charge in [0.15, 0.2) is 6.54 Å². The summed E-state index contributed by atoms with van der Waals surface area (Å²) in [5.74, 6) is 1.40. The normalized spacial score (nSPS) is 29.0. The Bertz CT molecular complexity index is 606. The third-order valence-electron chi connectivity index (χ3n) is 5.78. The summed E-state index contributed by atoms with van der Waals surface area (Å²) in [6.45, 7) is 1.82. The van der Waals surface area contributed by atoms with Gasteiger partial charge in [-0.25, -0.2) is 4.90 Å². The standard InChI is InChI=1S/C19H26BrN2O/c20-16-11-9-15(10-12-16)19(23)14-21-13-5-4-8-18(21)22(19)17-6-2-1-3-7-17/h9-12,17,23H,1-8,13-14H2/q+1. The Morgan fingerprint density at radius 1 is 1.04 bits per heavy atom. The summed E-state index contributed by atoms with van der Waals surface area (Å²) in [6, 6.07) is 8.76. The minimum Gasteiger partial charge on any atom is -0.346 e. The SMILES string of the molecule is OC1(c2ccc(Br)cc2)C[N+]2=C(CCCC2)N1C1CCCCC1. The summed E-state index contributed by atoms with van der Waals surface area (Å²) in [5.41, 5.74) is 0.177. The van der Waals surface area contributed by atoms with Gasteiger partial charge in [0, 0.05) is 16.5 Å². The molecule has 0 bridgehead atoms. The average molecular weight is 378 g/mol. The average Bonchev–Trinajstić information content (AvgIpc) is 2.89. The first-order valence-electron chi connectivity index (χ1n) is 9.07. The predicted molar refractivity (Wildman–Crippen MR) is 95.6 cm³/mol. The molecule has 4 rings (SSSR count). The van der Waals surface area contributed by atoms with Crippen LogP contribution in [0.2, 0.25) is 0 Å². The van der Waals surface area contributed by atoms with Crippen molar-refractivity contribution in [3.8, 4) is 0 Å². The maximum absolute atomic E-state index is 11.7. The summed E-state index contributed by atoms with van der Waals surface area (Å²) in [5, 5.41) is 11.7. The predicted octanol–water partition coefficient (Wildman–Crippen LogP) is 3.84. The second-order valence-electron chi connectivity index (χ2n) is 7.28. The van der Waals surface area contributed by atoms with Crippen LogP contribution in [0.15, 0.2) is 28.7 Å². The van der Waals surface area contributed by atoms with Gasteiger partial charge in [0.2, 0.25) is 5.84 Å². The second-order valence-corrected chi connectivity index (χ2v) is 8.20. The van der Waals surface area contributed by atoms with Crippen LogP contribution in [0, 0.1) is 0 Å². The van der Waals surface area contributed by atoms with Gasteiger partial charge in [-0.15, -0.1) is 0 Å². The molecule has 3 aliphatic rings. The first kappa shape index (κ1) is 15.6. The van der Waals surface area contributed by atoms with E-state index < -0.39 is 5.72 Å². The lowest BCUT2D eigenvalue weighted by Crippen LogP contribution is -2.52. The van der Waals surface area contributed by atoms with Crippen LogP contribution in [-0.2, 0) is 5.72 Å². The fourth-order valence-corrected chi connectivity index (χ4v) is 4.94. The second kappa shape index (κ2) is 6.21. The van der Waals surface area contributed by atoms with Gasteiger partial charge < -0.3 is 5.11 Å². The van der Waals surface area contributed by atoms with E-state index in [-0.39, 0.29) is 0 Å². The third-order valence-corrected chi connectivity index (χ3v) is 6.31. The van der Waals surface area contributed by atoms with Crippen molar-refractivity contribution in [1.29, 1.82) is 0 Å². The van der Waals surface area contributed by atoms with Gasteiger partial charge in [-0.05, 0) is 50.7 Å². The number of benzene rings is 1. The van der Waals surface area contributed by atoms with E-state index in [4.69, 9.17) is 0 Å². The summed E-state index contributed by atoms with van der Waals surface area (Å²) in [6.07, 6.45) is 10.0. The van der Waals surface area contributed by atoms with E-state index >= 15 is 0 Å². The fraction of sp³-hybridized carbons (Fsp3) is 0.632. The lowest BCUT2D eigenvalue weighted by molar-refractivity contribution is -0.538. The molecule has 1 saturated carbocycles. The Kier molecular flexibility index (Phi) is 4.22. The van der Waals surface area contributed by atoms with E-state index in [1.807, 2.05) is 12.1 Å². The van der Waals surface area contributed by atoms with Crippen LogP contribution in [0.3, 0.4) is 0 Å². The van der Waals surface area contributed by atoms with Gasteiger partial charge in [0.25, 0.3) is 5.72 Å². The molecule has 2 heterocycles. The van der Waals surface area contributed by atoms with Crippen molar-refractivity contribution in [2.45, 2.75) is 63.1 Å². The van der Waals surface area contributed by atoms with Crippen LogP contribution in [0.25, 0.3) is 0 Å². The molecule has 0 radical (unpaired) electrons. The number of hydrogen-bond acceptors (Lipinski definition) is 2. The molecule has 0 aromatic heterocycles. The zero-order valence-electron chi connectivity index (χ0n) is 13.7. The van der Waals surface area contributed by atoms with Gasteiger partial charge in [0.05, 0.1) is 12.6 Å². The summed E-state index contributed by atoms with van der Waals surface area (Å²) < 4.78 is 3.51. The van der Waals surface area contributed by atoms with E-state index in [9.17, 15) is 5.11 Å². The van der Waals surface area contributed by atoms with Crippen molar-refractivity contribution in [3.63, 3.8) is 0 Å². The highest BCUT2D eigenvalue weighted by Gasteiger charge is 2.55. The van der Waals surface area contributed by atoms with E-state index in [0.29, 0.717) is 6.04 Å². The quantitative estimate of drug-likeness (QED) is 0.792. The van der Waals surface area contributed by atoms with Crippen LogP contribution in [0.5, 0.6) is 0 Å². The van der Waals surface area contributed by atoms with Crippen LogP contribution in [-0.4, -0.2) is 39.5 Å². The summed E-state index contributed by atoms with van der Waals surface area (Å²) in [7, 11) is 0. The molecule has 2 aliphatic heterocycles. The molecule has 1 N–H and O–H groups in total. The number of halogens is 1. The fourth-order valence-electron chi connectivity index (χ4n) is 4.67. The first-order valence-corrected chi connectivity index (χ1v) is 9.86. The van der Waals surface area contributed by atoms with Crippen molar-refractivity contribution in [1.82, 2.24) is 4.90 Å². The van der Waals surface area contributed by atoms with Gasteiger partial charge in [-0.3, -0.25) is 4.58 Å². The van der Waals surface area contributed by atoms with Gasteiger partial charge >= 0.3 is 0 Å². The molecule has 1 aromatic rings. The zero-order chi connectivity index (χ0) is 15.9. The molecule has 1 aromatic carbocycles. The third kappa shape index (κ3) is 2.74. The largest absolute Gasteiger partial charge is 0.346 e. The van der Waals surface area contributed by atoms with Crippen molar-refractivity contribution >= 4 is 21.8 Å². The molecule has 0 amide bonds. The highest BCUT2D eigenvalue weighted by Crippen LogP contribution is 2.39. The Balaban J connectivity index is 1.73. The number of aliphatic hydroxyl groups is 1. The molecule has 1 atom stereocenters. The molecular formula is C19H26BrN2O+. The van der Waals surface area contributed by atoms with E-state index in [1.54, 1.807) is 0 Å². The Labute approximate surface area is 147 Å². The van der Waals surface area contributed by atoms with E-state index in [0.717, 1.165) is 29.5 Å². The summed E-state index contributed by atoms with van der Waals surface area (Å²) in [4.78, 5) is 2.41. The zero-order valence-corrected chi connectivity index (χ0v) is 15.3. The molecule has 3 nitrogen and oxygen atoms in total. The van der Waals surface area contributed by atoms with Crippen LogP contribution >= 0.6 is 15.9 Å². The van der Waals surface area contributed by atoms with Crippen LogP contribution in [0.1, 0.15) is 56.9 Å². The van der Waals surface area contributed by atoms with E-state index in [1.165, 1.54) is 50.8 Å². The van der Waals surface area contributed by atoms with E-state index in [2.05, 4.69) is 37.5 Å². The van der Waals surface area contributed by atoms with Gasteiger partial charge in [-0.2, -0.15) is 0 Å². The molecule has 1 fully saturated rings. The first-order chi connectivity index (χ1) is 11.2. The number of amidine groups is 1. The topological polar surface area (TPSA) is 26.5 Å². The summed E-state index contributed by atoms with van der Waals surface area (Å²) >= 11 is 3.51. The van der Waals surface area contributed by atoms with Crippen LogP contribution in [0.4, 0.5) is 0 Å². The minimum absolute atomic E-state index is 0.496. The Morgan fingerprint density at radius 3 is 2.52 bits per heavy atom. The Morgan fingerprint density at radius 2 is 1.78 bits per heavy atom. The van der Waals surface area contributed by atoms with Gasteiger partial charge in [0.1, 0.15) is 0 Å². The highest BCUT2D eigenvalue weighted by molar-refractivity contribution is 9.10. The van der Waals surface area contributed by atoms with Crippen LogP contribution < -0.4 is 0 Å². The minimum atomic E-state index is -0.859.